The Bertz CT molecular complexity index is 73.7. The van der Waals surface area contributed by atoms with E-state index in [1.165, 1.54) is 0 Å². The van der Waals surface area contributed by atoms with Crippen LogP contribution in [-0.2, 0) is 4.74 Å². The zero-order chi connectivity index (χ0) is 7.98. The molecule has 0 aromatic heterocycles. The lowest BCUT2D eigenvalue weighted by atomic mass is 10.0. The Kier molecular flexibility index (Phi) is 5.64. The molecule has 0 rings (SSSR count). The molecule has 0 heterocycles. The van der Waals surface area contributed by atoms with Crippen molar-refractivity contribution >= 4 is 0 Å². The molecule has 0 aromatic rings. The second-order valence-corrected chi connectivity index (χ2v) is 2.69. The van der Waals surface area contributed by atoms with Gasteiger partial charge in [-0.2, -0.15) is 0 Å². The van der Waals surface area contributed by atoms with Crippen LogP contribution in [-0.4, -0.2) is 24.4 Å². The van der Waals surface area contributed by atoms with E-state index in [-0.39, 0.29) is 12.7 Å². The van der Waals surface area contributed by atoms with Crippen molar-refractivity contribution in [1.82, 2.24) is 0 Å². The predicted octanol–water partition coefficient (Wildman–Crippen LogP) is 1.43. The summed E-state index contributed by atoms with van der Waals surface area (Å²) in [6.07, 6.45) is 1.41. The molecule has 62 valence electrons. The summed E-state index contributed by atoms with van der Waals surface area (Å²) in [5.41, 5.74) is 0. The number of aliphatic hydroxyl groups is 1. The molecule has 2 unspecified atom stereocenters. The SMILES string of the molecule is CCC(C)C(C)OCCO. The first-order chi connectivity index (χ1) is 4.72. The van der Waals surface area contributed by atoms with Crippen LogP contribution in [0.1, 0.15) is 27.2 Å². The molecule has 0 aromatic carbocycles. The van der Waals surface area contributed by atoms with Crippen LogP contribution in [0.3, 0.4) is 0 Å². The van der Waals surface area contributed by atoms with Gasteiger partial charge < -0.3 is 9.84 Å². The third-order valence-electron chi connectivity index (χ3n) is 1.92. The molecular formula is C8H18O2. The van der Waals surface area contributed by atoms with Crippen molar-refractivity contribution in [2.45, 2.75) is 33.3 Å². The number of aliphatic hydroxyl groups excluding tert-OH is 1. The summed E-state index contributed by atoms with van der Waals surface area (Å²) in [5.74, 6) is 0.589. The Morgan fingerprint density at radius 2 is 2.00 bits per heavy atom. The van der Waals surface area contributed by atoms with Crippen LogP contribution in [0.25, 0.3) is 0 Å². The van der Waals surface area contributed by atoms with Crippen molar-refractivity contribution in [2.24, 2.45) is 5.92 Å². The predicted molar refractivity (Wildman–Crippen MR) is 42.0 cm³/mol. The molecule has 0 saturated carbocycles. The van der Waals surface area contributed by atoms with Crippen LogP contribution in [0, 0.1) is 5.92 Å². The molecule has 0 saturated heterocycles. The smallest absolute Gasteiger partial charge is 0.0701 e. The second kappa shape index (κ2) is 5.69. The van der Waals surface area contributed by atoms with E-state index in [2.05, 4.69) is 13.8 Å². The van der Waals surface area contributed by atoms with E-state index in [0.717, 1.165) is 6.42 Å². The maximum absolute atomic E-state index is 8.44. The summed E-state index contributed by atoms with van der Waals surface area (Å²) in [7, 11) is 0. The monoisotopic (exact) mass is 146 g/mol. The fourth-order valence-corrected chi connectivity index (χ4v) is 0.735. The summed E-state index contributed by atoms with van der Waals surface area (Å²) in [6, 6.07) is 0. The molecule has 0 radical (unpaired) electrons. The quantitative estimate of drug-likeness (QED) is 0.635. The molecule has 2 heteroatoms. The molecule has 0 aliphatic rings. The van der Waals surface area contributed by atoms with E-state index >= 15 is 0 Å². The summed E-state index contributed by atoms with van der Waals surface area (Å²) < 4.78 is 5.29. The van der Waals surface area contributed by atoms with E-state index in [4.69, 9.17) is 9.84 Å². The highest BCUT2D eigenvalue weighted by Gasteiger charge is 2.08. The third-order valence-corrected chi connectivity index (χ3v) is 1.92. The van der Waals surface area contributed by atoms with Gasteiger partial charge in [-0.25, -0.2) is 0 Å². The normalized spacial score (nSPS) is 16.8. The maximum atomic E-state index is 8.44. The summed E-state index contributed by atoms with van der Waals surface area (Å²) in [4.78, 5) is 0. The Labute approximate surface area is 63.2 Å². The first kappa shape index (κ1) is 9.92. The minimum Gasteiger partial charge on any atom is -0.394 e. The van der Waals surface area contributed by atoms with E-state index in [9.17, 15) is 0 Å². The molecule has 0 spiro atoms. The summed E-state index contributed by atoms with van der Waals surface area (Å²) in [6.45, 7) is 6.93. The molecular weight excluding hydrogens is 128 g/mol. The van der Waals surface area contributed by atoms with Crippen LogP contribution in [0.15, 0.2) is 0 Å². The summed E-state index contributed by atoms with van der Waals surface area (Å²) in [5, 5.41) is 8.44. The number of hydrogen-bond donors (Lipinski definition) is 1. The fourth-order valence-electron chi connectivity index (χ4n) is 0.735. The van der Waals surface area contributed by atoms with Crippen molar-refractivity contribution in [1.29, 1.82) is 0 Å². The minimum absolute atomic E-state index is 0.126. The van der Waals surface area contributed by atoms with Crippen LogP contribution in [0.4, 0.5) is 0 Å². The summed E-state index contributed by atoms with van der Waals surface area (Å²) >= 11 is 0. The van der Waals surface area contributed by atoms with Gasteiger partial charge in [0.1, 0.15) is 0 Å². The molecule has 0 aliphatic heterocycles. The fraction of sp³-hybridized carbons (Fsp3) is 1.00. The first-order valence-electron chi connectivity index (χ1n) is 3.94. The Hall–Kier alpha value is -0.0800. The Morgan fingerprint density at radius 3 is 2.40 bits per heavy atom. The molecule has 0 aliphatic carbocycles. The lowest BCUT2D eigenvalue weighted by molar-refractivity contribution is 0.00927. The lowest BCUT2D eigenvalue weighted by Crippen LogP contribution is -2.19. The van der Waals surface area contributed by atoms with Crippen LogP contribution in [0.2, 0.25) is 0 Å². The molecule has 0 amide bonds. The second-order valence-electron chi connectivity index (χ2n) is 2.69. The maximum Gasteiger partial charge on any atom is 0.0701 e. The van der Waals surface area contributed by atoms with E-state index in [0.29, 0.717) is 12.5 Å². The van der Waals surface area contributed by atoms with E-state index in [1.807, 2.05) is 6.92 Å². The molecule has 1 N–H and O–H groups in total. The highest BCUT2D eigenvalue weighted by Crippen LogP contribution is 2.09. The molecule has 0 bridgehead atoms. The standard InChI is InChI=1S/C8H18O2/c1-4-7(2)8(3)10-6-5-9/h7-9H,4-6H2,1-3H3. The topological polar surface area (TPSA) is 29.5 Å². The molecule has 10 heavy (non-hydrogen) atoms. The van der Waals surface area contributed by atoms with E-state index < -0.39 is 0 Å². The van der Waals surface area contributed by atoms with Gasteiger partial charge in [0.2, 0.25) is 0 Å². The first-order valence-corrected chi connectivity index (χ1v) is 3.94. The zero-order valence-corrected chi connectivity index (χ0v) is 7.13. The largest absolute Gasteiger partial charge is 0.394 e. The number of ether oxygens (including phenoxy) is 1. The van der Waals surface area contributed by atoms with Gasteiger partial charge in [0.15, 0.2) is 0 Å². The van der Waals surface area contributed by atoms with Gasteiger partial charge >= 0.3 is 0 Å². The Morgan fingerprint density at radius 1 is 1.40 bits per heavy atom. The molecule has 2 atom stereocenters. The highest BCUT2D eigenvalue weighted by molar-refractivity contribution is 4.58. The average molecular weight is 146 g/mol. The average Bonchev–Trinajstić information content (AvgIpc) is 1.98. The minimum atomic E-state index is 0.126. The van der Waals surface area contributed by atoms with Crippen molar-refractivity contribution in [2.75, 3.05) is 13.2 Å². The van der Waals surface area contributed by atoms with Gasteiger partial charge in [0.05, 0.1) is 19.3 Å². The van der Waals surface area contributed by atoms with Crippen molar-refractivity contribution < 1.29 is 9.84 Å². The number of hydrogen-bond acceptors (Lipinski definition) is 2. The molecule has 0 fully saturated rings. The van der Waals surface area contributed by atoms with Gasteiger partial charge in [-0.1, -0.05) is 20.3 Å². The van der Waals surface area contributed by atoms with Crippen molar-refractivity contribution in [3.63, 3.8) is 0 Å². The zero-order valence-electron chi connectivity index (χ0n) is 7.13. The van der Waals surface area contributed by atoms with Gasteiger partial charge in [-0.3, -0.25) is 0 Å². The van der Waals surface area contributed by atoms with Crippen molar-refractivity contribution in [3.05, 3.63) is 0 Å². The van der Waals surface area contributed by atoms with Gasteiger partial charge in [-0.15, -0.1) is 0 Å². The highest BCUT2D eigenvalue weighted by atomic mass is 16.5. The van der Waals surface area contributed by atoms with Gasteiger partial charge in [0.25, 0.3) is 0 Å². The lowest BCUT2D eigenvalue weighted by Gasteiger charge is -2.17. The van der Waals surface area contributed by atoms with Crippen LogP contribution < -0.4 is 0 Å². The third kappa shape index (κ3) is 3.85. The van der Waals surface area contributed by atoms with Crippen molar-refractivity contribution in [3.8, 4) is 0 Å². The van der Waals surface area contributed by atoms with Gasteiger partial charge in [-0.05, 0) is 12.8 Å². The molecule has 2 nitrogen and oxygen atoms in total. The van der Waals surface area contributed by atoms with Crippen LogP contribution in [0.5, 0.6) is 0 Å². The van der Waals surface area contributed by atoms with Gasteiger partial charge in [0, 0.05) is 0 Å². The van der Waals surface area contributed by atoms with Crippen LogP contribution >= 0.6 is 0 Å². The number of rotatable bonds is 5. The Balaban J connectivity index is 3.31. The van der Waals surface area contributed by atoms with E-state index in [1.54, 1.807) is 0 Å².